The molecule has 0 amide bonds. The Morgan fingerprint density at radius 3 is 2.88 bits per heavy atom. The Labute approximate surface area is 185 Å². The van der Waals surface area contributed by atoms with E-state index in [1.807, 2.05) is 12.1 Å². The lowest BCUT2D eigenvalue weighted by Crippen LogP contribution is -2.34. The van der Waals surface area contributed by atoms with E-state index in [1.165, 1.54) is 17.4 Å². The number of anilines is 1. The fourth-order valence-electron chi connectivity index (χ4n) is 3.84. The number of nitrogens with zero attached hydrogens (tertiary/aromatic N) is 5. The van der Waals surface area contributed by atoms with Gasteiger partial charge in [0.05, 0.1) is 19.8 Å². The van der Waals surface area contributed by atoms with Gasteiger partial charge in [-0.25, -0.2) is 9.78 Å². The molecule has 11 heteroatoms. The molecule has 3 N–H and O–H groups in total. The van der Waals surface area contributed by atoms with Gasteiger partial charge in [0.2, 0.25) is 5.88 Å². The van der Waals surface area contributed by atoms with Crippen LogP contribution in [0.15, 0.2) is 23.1 Å². The second-order valence-electron chi connectivity index (χ2n) is 8.03. The first kappa shape index (κ1) is 22.0. The molecule has 0 aromatic carbocycles. The van der Waals surface area contributed by atoms with Gasteiger partial charge in [-0.15, -0.1) is 0 Å². The maximum absolute atomic E-state index is 12.5. The minimum absolute atomic E-state index is 0.0926. The van der Waals surface area contributed by atoms with Gasteiger partial charge < -0.3 is 29.8 Å². The molecule has 1 fully saturated rings. The van der Waals surface area contributed by atoms with Crippen molar-refractivity contribution in [2.24, 2.45) is 5.92 Å². The lowest BCUT2D eigenvalue weighted by atomic mass is 10.00. The highest BCUT2D eigenvalue weighted by molar-refractivity contribution is 5.81. The normalized spacial score (nSPS) is 17.0. The first-order valence-electron chi connectivity index (χ1n) is 10.7. The van der Waals surface area contributed by atoms with Gasteiger partial charge in [-0.3, -0.25) is 4.57 Å². The Kier molecular flexibility index (Phi) is 6.86. The van der Waals surface area contributed by atoms with E-state index in [4.69, 9.17) is 19.9 Å². The van der Waals surface area contributed by atoms with Gasteiger partial charge in [0.25, 0.3) is 0 Å². The molecule has 0 saturated carbocycles. The number of methoxy groups -OCH3 is 1. The highest BCUT2D eigenvalue weighted by atomic mass is 16.5. The maximum atomic E-state index is 12.5. The number of hydrogen-bond acceptors (Lipinski definition) is 9. The number of H-pyrrole nitrogens is 1. The Bertz CT molecular complexity index is 1100. The van der Waals surface area contributed by atoms with Gasteiger partial charge in [0.15, 0.2) is 11.5 Å². The lowest BCUT2D eigenvalue weighted by molar-refractivity contribution is 0.141. The van der Waals surface area contributed by atoms with Crippen LogP contribution in [0.1, 0.15) is 18.4 Å². The van der Waals surface area contributed by atoms with Crippen molar-refractivity contribution in [3.63, 3.8) is 0 Å². The predicted molar refractivity (Wildman–Crippen MR) is 119 cm³/mol. The summed E-state index contributed by atoms with van der Waals surface area (Å²) in [5.41, 5.74) is 7.22. The van der Waals surface area contributed by atoms with Crippen LogP contribution < -0.4 is 20.9 Å². The molecule has 1 saturated heterocycles. The number of nitrogens with two attached hydrogens (primary N) is 1. The third kappa shape index (κ3) is 5.17. The number of hydrogen-bond donors (Lipinski definition) is 2. The molecule has 0 spiro atoms. The number of nitrogen functional groups attached to an aromatic ring is 1. The van der Waals surface area contributed by atoms with Crippen LogP contribution in [0.3, 0.4) is 0 Å². The Hall–Kier alpha value is -3.18. The third-order valence-corrected chi connectivity index (χ3v) is 5.48. The molecule has 32 heavy (non-hydrogen) atoms. The van der Waals surface area contributed by atoms with Crippen molar-refractivity contribution in [3.8, 4) is 11.9 Å². The molecular formula is C21H29N7O4. The second kappa shape index (κ2) is 9.96. The van der Waals surface area contributed by atoms with Crippen LogP contribution in [0.5, 0.6) is 11.9 Å². The summed E-state index contributed by atoms with van der Waals surface area (Å²) in [6, 6.07) is 3.81. The second-order valence-corrected chi connectivity index (χ2v) is 8.03. The van der Waals surface area contributed by atoms with E-state index < -0.39 is 0 Å². The van der Waals surface area contributed by atoms with E-state index in [2.05, 4.69) is 31.9 Å². The first-order valence-corrected chi connectivity index (χ1v) is 10.7. The Balaban J connectivity index is 1.45. The third-order valence-electron chi connectivity index (χ3n) is 5.48. The molecule has 1 unspecified atom stereocenters. The van der Waals surface area contributed by atoms with Crippen LogP contribution >= 0.6 is 0 Å². The van der Waals surface area contributed by atoms with Crippen molar-refractivity contribution in [2.45, 2.75) is 19.4 Å². The van der Waals surface area contributed by atoms with Gasteiger partial charge in [0.1, 0.15) is 12.1 Å². The molecule has 3 aromatic rings. The van der Waals surface area contributed by atoms with Crippen molar-refractivity contribution < 1.29 is 14.2 Å². The average Bonchev–Trinajstić information content (AvgIpc) is 3.09. The van der Waals surface area contributed by atoms with E-state index >= 15 is 0 Å². The van der Waals surface area contributed by atoms with Crippen LogP contribution in [-0.4, -0.2) is 76.5 Å². The summed E-state index contributed by atoms with van der Waals surface area (Å²) in [5, 5.41) is 0. The lowest BCUT2D eigenvalue weighted by Gasteiger charge is -2.29. The summed E-state index contributed by atoms with van der Waals surface area (Å²) in [6.07, 6.45) is 4.08. The predicted octanol–water partition coefficient (Wildman–Crippen LogP) is 0.891. The van der Waals surface area contributed by atoms with Crippen LogP contribution in [0.2, 0.25) is 0 Å². The summed E-state index contributed by atoms with van der Waals surface area (Å²) < 4.78 is 17.8. The summed E-state index contributed by atoms with van der Waals surface area (Å²) >= 11 is 0. The monoisotopic (exact) mass is 443 g/mol. The Morgan fingerprint density at radius 1 is 1.25 bits per heavy atom. The van der Waals surface area contributed by atoms with Crippen LogP contribution in [0, 0.1) is 5.92 Å². The fourth-order valence-corrected chi connectivity index (χ4v) is 3.84. The molecule has 3 aromatic heterocycles. The van der Waals surface area contributed by atoms with Crippen molar-refractivity contribution >= 4 is 17.0 Å². The smallest absolute Gasteiger partial charge is 0.328 e. The molecule has 1 aliphatic rings. The highest BCUT2D eigenvalue weighted by Crippen LogP contribution is 2.20. The van der Waals surface area contributed by atoms with Crippen molar-refractivity contribution in [2.75, 3.05) is 52.8 Å². The zero-order valence-electron chi connectivity index (χ0n) is 18.4. The maximum Gasteiger partial charge on any atom is 0.328 e. The molecule has 0 aliphatic carbocycles. The average molecular weight is 444 g/mol. The molecular weight excluding hydrogens is 414 g/mol. The summed E-state index contributed by atoms with van der Waals surface area (Å²) in [7, 11) is 3.71. The molecule has 11 nitrogen and oxygen atoms in total. The van der Waals surface area contributed by atoms with E-state index in [-0.39, 0.29) is 30.7 Å². The van der Waals surface area contributed by atoms with Crippen LogP contribution in [0.25, 0.3) is 11.2 Å². The van der Waals surface area contributed by atoms with Crippen LogP contribution in [0.4, 0.5) is 5.82 Å². The number of aromatic amines is 1. The first-order chi connectivity index (χ1) is 15.5. The van der Waals surface area contributed by atoms with Crippen molar-refractivity contribution in [1.29, 1.82) is 0 Å². The molecule has 4 rings (SSSR count). The zero-order chi connectivity index (χ0) is 22.5. The molecule has 4 heterocycles. The largest absolute Gasteiger partial charge is 0.477 e. The standard InChI is InChI=1S/C21H29N7O4/c1-27-7-3-4-15(11-27)13-32-16-6-5-14(10-23-16)12-28-19-17(24-21(28)29)18(22)25-20(26-19)31-9-8-30-2/h5-6,10,15H,3-4,7-9,11-13H2,1-2H3,(H,24,29)(H2,22,25,26). The van der Waals surface area contributed by atoms with Crippen molar-refractivity contribution in [1.82, 2.24) is 29.4 Å². The van der Waals surface area contributed by atoms with Gasteiger partial charge >= 0.3 is 11.7 Å². The van der Waals surface area contributed by atoms with E-state index in [1.54, 1.807) is 13.3 Å². The number of likely N-dealkylation sites (tertiary alicyclic amines) is 1. The molecule has 172 valence electrons. The molecule has 0 bridgehead atoms. The summed E-state index contributed by atoms with van der Waals surface area (Å²) in [6.45, 7) is 3.78. The number of rotatable bonds is 9. The highest BCUT2D eigenvalue weighted by Gasteiger charge is 2.18. The van der Waals surface area contributed by atoms with Crippen molar-refractivity contribution in [3.05, 3.63) is 34.4 Å². The van der Waals surface area contributed by atoms with E-state index in [9.17, 15) is 4.79 Å². The minimum atomic E-state index is -0.336. The van der Waals surface area contributed by atoms with E-state index in [0.717, 1.165) is 18.7 Å². The molecule has 1 atom stereocenters. The summed E-state index contributed by atoms with van der Waals surface area (Å²) in [5.74, 6) is 1.24. The topological polar surface area (TPSA) is 133 Å². The molecule has 1 aliphatic heterocycles. The van der Waals surface area contributed by atoms with Gasteiger partial charge in [-0.05, 0) is 32.0 Å². The summed E-state index contributed by atoms with van der Waals surface area (Å²) in [4.78, 5) is 30.4. The number of ether oxygens (including phenoxy) is 3. The SMILES string of the molecule is COCCOc1nc(N)c2[nH]c(=O)n(Cc3ccc(OCC4CCCN(C)C4)nc3)c2n1. The van der Waals surface area contributed by atoms with Gasteiger partial charge in [-0.2, -0.15) is 9.97 Å². The number of fused-ring (bicyclic) bond motifs is 1. The number of pyridine rings is 1. The van der Waals surface area contributed by atoms with Crippen LogP contribution in [-0.2, 0) is 11.3 Å². The van der Waals surface area contributed by atoms with E-state index in [0.29, 0.717) is 36.2 Å². The minimum Gasteiger partial charge on any atom is -0.477 e. The fraction of sp³-hybridized carbons (Fsp3) is 0.524. The van der Waals surface area contributed by atoms with Gasteiger partial charge in [0, 0.05) is 31.8 Å². The number of aromatic nitrogens is 5. The number of piperidine rings is 1. The Morgan fingerprint density at radius 2 is 2.12 bits per heavy atom. The number of imidazole rings is 1. The number of nitrogens with one attached hydrogen (secondary N) is 1. The zero-order valence-corrected chi connectivity index (χ0v) is 18.4. The quantitative estimate of drug-likeness (QED) is 0.462. The molecule has 0 radical (unpaired) electrons. The van der Waals surface area contributed by atoms with Gasteiger partial charge in [-0.1, -0.05) is 6.07 Å².